The average molecular weight is 695 g/mol. The summed E-state index contributed by atoms with van der Waals surface area (Å²) >= 11 is 0. The van der Waals surface area contributed by atoms with E-state index in [0.29, 0.717) is 46.4 Å². The van der Waals surface area contributed by atoms with Gasteiger partial charge in [0, 0.05) is 65.8 Å². The number of benzene rings is 3. The van der Waals surface area contributed by atoms with Crippen LogP contribution in [0.3, 0.4) is 0 Å². The number of anilines is 1. The number of carbonyl (C=O) groups excluding carboxylic acids is 2. The molecular weight excluding hydrogens is 655 g/mol. The third kappa shape index (κ3) is 8.48. The number of aromatic carboxylic acids is 1. The van der Waals surface area contributed by atoms with Crippen LogP contribution in [0.4, 0.5) is 5.69 Å². The zero-order chi connectivity index (χ0) is 35.1. The van der Waals surface area contributed by atoms with E-state index in [1.54, 1.807) is 16.9 Å². The highest BCUT2D eigenvalue weighted by Crippen LogP contribution is 2.42. The lowest BCUT2D eigenvalue weighted by molar-refractivity contribution is -0.138. The van der Waals surface area contributed by atoms with Crippen LogP contribution in [0.15, 0.2) is 59.0 Å². The maximum Gasteiger partial charge on any atom is 0.336 e. The first-order valence-electron chi connectivity index (χ1n) is 15.1. The summed E-state index contributed by atoms with van der Waals surface area (Å²) in [5.41, 5.74) is 8.95. The topological polar surface area (TPSA) is 178 Å². The van der Waals surface area contributed by atoms with Gasteiger partial charge >= 0.3 is 11.9 Å². The van der Waals surface area contributed by atoms with E-state index in [0.717, 1.165) is 11.0 Å². The van der Waals surface area contributed by atoms with Gasteiger partial charge in [-0.3, -0.25) is 14.4 Å². The minimum absolute atomic E-state index is 0.00874. The van der Waals surface area contributed by atoms with Gasteiger partial charge in [0.25, 0.3) is 5.91 Å². The number of hydrogen-bond donors (Lipinski definition) is 5. The standard InChI is InChI=1S/C34H39N5O7S2/c1-38(2)20-7-11-24-28(15-20)46-29-16-21(39(3)4)8-12-25(29)31(24)23-10-6-19(14-26(23)34(44)45)32(42)37-27(33(43)36-18-30(40)41)13-9-22(17-35)48-47-5/h6-8,10-12,14-16,22,27H,9,13,17-18,35H2,1-5H3,(H3-,36,37,40,41,42,43,44,45)/p+1. The van der Waals surface area contributed by atoms with Crippen molar-refractivity contribution in [3.8, 4) is 22.5 Å². The molecule has 0 aromatic heterocycles. The summed E-state index contributed by atoms with van der Waals surface area (Å²) in [4.78, 5) is 52.3. The van der Waals surface area contributed by atoms with E-state index in [9.17, 15) is 24.3 Å². The third-order valence-electron chi connectivity index (χ3n) is 7.81. The Balaban J connectivity index is 1.80. The van der Waals surface area contributed by atoms with Crippen molar-refractivity contribution in [1.82, 2.24) is 15.2 Å². The summed E-state index contributed by atoms with van der Waals surface area (Å²) in [6.07, 6.45) is 2.59. The molecule has 2 aromatic rings. The first kappa shape index (κ1) is 36.3. The molecule has 14 heteroatoms. The molecule has 1 aliphatic carbocycles. The Bertz CT molecular complexity index is 1890. The number of hydrogen-bond acceptors (Lipinski definition) is 9. The van der Waals surface area contributed by atoms with Crippen LogP contribution >= 0.6 is 21.6 Å². The molecular formula is C34H40N5O7S2+. The number of fused-ring (bicyclic) bond motifs is 2. The Morgan fingerprint density at radius 2 is 1.71 bits per heavy atom. The zero-order valence-corrected chi connectivity index (χ0v) is 29.0. The van der Waals surface area contributed by atoms with E-state index in [1.807, 2.05) is 80.3 Å². The van der Waals surface area contributed by atoms with Gasteiger partial charge < -0.3 is 35.9 Å². The molecule has 4 rings (SSSR count). The van der Waals surface area contributed by atoms with Crippen molar-refractivity contribution in [3.05, 3.63) is 71.1 Å². The van der Waals surface area contributed by atoms with Crippen molar-refractivity contribution in [2.45, 2.75) is 24.1 Å². The molecule has 1 heterocycles. The molecule has 0 fully saturated rings. The predicted octanol–water partition coefficient (Wildman–Crippen LogP) is 3.42. The van der Waals surface area contributed by atoms with Gasteiger partial charge in [0.05, 0.1) is 11.6 Å². The molecule has 12 nitrogen and oxygen atoms in total. The van der Waals surface area contributed by atoms with Crippen LogP contribution in [0.5, 0.6) is 0 Å². The molecule has 2 unspecified atom stereocenters. The lowest BCUT2D eigenvalue weighted by Crippen LogP contribution is -2.48. The highest BCUT2D eigenvalue weighted by molar-refractivity contribution is 8.76. The quantitative estimate of drug-likeness (QED) is 0.0742. The Morgan fingerprint density at radius 3 is 2.33 bits per heavy atom. The number of amides is 2. The maximum atomic E-state index is 13.5. The number of carbonyl (C=O) groups is 4. The van der Waals surface area contributed by atoms with Crippen LogP contribution in [-0.4, -0.2) is 92.8 Å². The SMILES string of the molecule is CSSC(CN)CCC(NC(=O)c1ccc(-c2c3ccc(=[N+](C)C)cc-3oc3cc(N(C)C)ccc23)c(C(=O)O)c1)C(=O)NCC(=O)O. The molecule has 2 aliphatic rings. The largest absolute Gasteiger partial charge is 0.480 e. The fraction of sp³-hybridized carbons (Fsp3) is 0.324. The zero-order valence-electron chi connectivity index (χ0n) is 27.4. The second-order valence-corrected chi connectivity index (χ2v) is 14.3. The minimum Gasteiger partial charge on any atom is -0.480 e. The summed E-state index contributed by atoms with van der Waals surface area (Å²) in [5, 5.41) is 26.1. The second-order valence-electron chi connectivity index (χ2n) is 11.5. The highest BCUT2D eigenvalue weighted by atomic mass is 33.1. The molecule has 0 bridgehead atoms. The van der Waals surface area contributed by atoms with Crippen molar-refractivity contribution in [2.75, 3.05) is 52.4 Å². The van der Waals surface area contributed by atoms with E-state index in [1.165, 1.54) is 22.9 Å². The number of nitrogens with one attached hydrogen (secondary N) is 2. The van der Waals surface area contributed by atoms with Crippen molar-refractivity contribution < 1.29 is 33.8 Å². The summed E-state index contributed by atoms with van der Waals surface area (Å²) in [6, 6.07) is 14.7. The Kier molecular flexibility index (Phi) is 12.1. The average Bonchev–Trinajstić information content (AvgIpc) is 3.06. The lowest BCUT2D eigenvalue weighted by Gasteiger charge is -2.21. The van der Waals surface area contributed by atoms with Crippen molar-refractivity contribution in [2.24, 2.45) is 5.73 Å². The third-order valence-corrected chi connectivity index (χ3v) is 10.1. The van der Waals surface area contributed by atoms with Crippen LogP contribution in [-0.2, 0) is 9.59 Å². The predicted molar refractivity (Wildman–Crippen MR) is 192 cm³/mol. The normalized spacial score (nSPS) is 12.4. The Hall–Kier alpha value is -4.53. The van der Waals surface area contributed by atoms with Crippen LogP contribution in [0, 0.1) is 0 Å². The summed E-state index contributed by atoms with van der Waals surface area (Å²) in [7, 11) is 10.7. The highest BCUT2D eigenvalue weighted by Gasteiger charge is 2.26. The minimum atomic E-state index is -1.24. The molecule has 0 radical (unpaired) electrons. The molecule has 1 aliphatic heterocycles. The molecule has 6 N–H and O–H groups in total. The number of carboxylic acids is 2. The van der Waals surface area contributed by atoms with E-state index in [-0.39, 0.29) is 22.8 Å². The van der Waals surface area contributed by atoms with E-state index < -0.39 is 36.3 Å². The number of nitrogens with zero attached hydrogens (tertiary/aromatic N) is 2. The van der Waals surface area contributed by atoms with Crippen LogP contribution in [0.1, 0.15) is 33.6 Å². The van der Waals surface area contributed by atoms with Crippen molar-refractivity contribution >= 4 is 62.0 Å². The summed E-state index contributed by atoms with van der Waals surface area (Å²) < 4.78 is 8.31. The van der Waals surface area contributed by atoms with Crippen LogP contribution < -0.4 is 31.2 Å². The fourth-order valence-electron chi connectivity index (χ4n) is 5.28. The van der Waals surface area contributed by atoms with Crippen molar-refractivity contribution in [1.29, 1.82) is 0 Å². The maximum absolute atomic E-state index is 13.5. The van der Waals surface area contributed by atoms with Gasteiger partial charge in [-0.15, -0.1) is 0 Å². The van der Waals surface area contributed by atoms with Gasteiger partial charge in [-0.05, 0) is 55.0 Å². The molecule has 48 heavy (non-hydrogen) atoms. The van der Waals surface area contributed by atoms with Gasteiger partial charge in [-0.1, -0.05) is 27.7 Å². The summed E-state index contributed by atoms with van der Waals surface area (Å²) in [5.74, 6) is -3.25. The Labute approximate surface area is 286 Å². The lowest BCUT2D eigenvalue weighted by atomic mass is 9.89. The second kappa shape index (κ2) is 16.0. The molecule has 0 saturated heterocycles. The summed E-state index contributed by atoms with van der Waals surface area (Å²) in [6.45, 7) is -0.254. The number of aliphatic carboxylic acids is 1. The van der Waals surface area contributed by atoms with Gasteiger partial charge in [0.2, 0.25) is 11.3 Å². The van der Waals surface area contributed by atoms with Crippen LogP contribution in [0.25, 0.3) is 33.4 Å². The van der Waals surface area contributed by atoms with E-state index >= 15 is 0 Å². The van der Waals surface area contributed by atoms with E-state index in [4.69, 9.17) is 15.3 Å². The van der Waals surface area contributed by atoms with Gasteiger partial charge in [-0.2, -0.15) is 0 Å². The van der Waals surface area contributed by atoms with Gasteiger partial charge in [-0.25, -0.2) is 9.37 Å². The molecule has 2 aromatic carbocycles. The molecule has 2 atom stereocenters. The number of nitrogens with two attached hydrogens (primary N) is 1. The molecule has 2 amide bonds. The van der Waals surface area contributed by atoms with Gasteiger partial charge in [0.15, 0.2) is 0 Å². The fourth-order valence-corrected chi connectivity index (χ4v) is 7.21. The first-order chi connectivity index (χ1) is 22.8. The molecule has 0 saturated carbocycles. The molecule has 254 valence electrons. The van der Waals surface area contributed by atoms with E-state index in [2.05, 4.69) is 10.6 Å². The number of carboxylic acid groups (broad SMARTS) is 2. The first-order valence-corrected chi connectivity index (χ1v) is 17.7. The van der Waals surface area contributed by atoms with Gasteiger partial charge in [0.1, 0.15) is 38.0 Å². The van der Waals surface area contributed by atoms with Crippen molar-refractivity contribution in [3.63, 3.8) is 0 Å². The monoisotopic (exact) mass is 694 g/mol. The molecule has 0 spiro atoms. The van der Waals surface area contributed by atoms with Crippen LogP contribution in [0.2, 0.25) is 0 Å². The Morgan fingerprint density at radius 1 is 0.979 bits per heavy atom. The number of rotatable bonds is 14. The smallest absolute Gasteiger partial charge is 0.336 e.